The molecule has 0 saturated carbocycles. The minimum atomic E-state index is -2.70. The second-order valence-electron chi connectivity index (χ2n) is 8.36. The molecule has 0 saturated heterocycles. The Kier molecular flexibility index (Phi) is 9.05. The fraction of sp³-hybridized carbons (Fsp3) is 0.333. The van der Waals surface area contributed by atoms with E-state index in [0.717, 1.165) is 9.80 Å². The molecule has 0 aliphatic heterocycles. The predicted molar refractivity (Wildman–Crippen MR) is 152 cm³/mol. The summed E-state index contributed by atoms with van der Waals surface area (Å²) in [6.45, 7) is -0.171. The maximum atomic E-state index is 9.91. The van der Waals surface area contributed by atoms with Crippen LogP contribution < -0.4 is 10.5 Å². The fourth-order valence-corrected chi connectivity index (χ4v) is 3.87. The van der Waals surface area contributed by atoms with Gasteiger partial charge >= 0.3 is 0 Å². The van der Waals surface area contributed by atoms with Crippen LogP contribution in [0.2, 0.25) is 5.21 Å². The number of nitrogen functional groups attached to an aromatic ring is 1. The van der Waals surface area contributed by atoms with E-state index in [0.29, 0.717) is 16.1 Å². The van der Waals surface area contributed by atoms with Crippen LogP contribution in [0.15, 0.2) is 52.3 Å². The maximum Gasteiger partial charge on any atom is 0.118 e. The molecule has 4 nitrogen and oxygen atoms in total. The summed E-state index contributed by atoms with van der Waals surface area (Å²) in [5, 5.41) is -1.78. The van der Waals surface area contributed by atoms with Crippen LogP contribution in [0.1, 0.15) is 5.56 Å². The molecule has 24 radical (unpaired) electrons. The van der Waals surface area contributed by atoms with E-state index < -0.39 is 26.5 Å². The lowest BCUT2D eigenvalue weighted by Gasteiger charge is -2.52. The van der Waals surface area contributed by atoms with Gasteiger partial charge in [0, 0.05) is 27.4 Å². The summed E-state index contributed by atoms with van der Waals surface area (Å²) in [5.41, 5.74) is 7.06. The summed E-state index contributed by atoms with van der Waals surface area (Å²) < 4.78 is 5.56. The molecule has 2 aromatic rings. The highest BCUT2D eigenvalue weighted by Crippen LogP contribution is 2.41. The summed E-state index contributed by atoms with van der Waals surface area (Å²) >= 11 is 1.30. The third-order valence-corrected chi connectivity index (χ3v) is 6.24. The first-order chi connectivity index (χ1) is 15.7. The van der Waals surface area contributed by atoms with Gasteiger partial charge in [0.2, 0.25) is 0 Å². The van der Waals surface area contributed by atoms with E-state index >= 15 is 0 Å². The number of aliphatic hydroxyl groups is 1. The highest BCUT2D eigenvalue weighted by atomic mass is 32.2. The molecule has 17 heteroatoms. The van der Waals surface area contributed by atoms with E-state index in [1.54, 1.807) is 18.2 Å². The maximum absolute atomic E-state index is 9.91. The van der Waals surface area contributed by atoms with Gasteiger partial charge in [-0.1, -0.05) is 39.6 Å². The molecule has 0 fully saturated rings. The minimum Gasteiger partial charge on any atom is -0.508 e. The van der Waals surface area contributed by atoms with Crippen molar-refractivity contribution in [3.8, 4) is 5.75 Å². The van der Waals surface area contributed by atoms with Crippen LogP contribution in [0.4, 0.5) is 5.69 Å². The molecule has 0 heterocycles. The summed E-state index contributed by atoms with van der Waals surface area (Å²) in [5.74, 6) is 0.0354. The molecular weight excluding hydrogens is 438 g/mol. The number of nitrogens with two attached hydrogens (primary N) is 1. The van der Waals surface area contributed by atoms with Crippen LogP contribution in [-0.4, -0.2) is 125 Å². The van der Waals surface area contributed by atoms with Gasteiger partial charge in [-0.2, -0.15) is 0 Å². The van der Waals surface area contributed by atoms with E-state index in [1.165, 1.54) is 23.9 Å². The van der Waals surface area contributed by atoms with Crippen molar-refractivity contribution in [3.05, 3.63) is 48.0 Å². The molecular formula is C18H12B12N2O2S. The van der Waals surface area contributed by atoms with Crippen LogP contribution in [0.3, 0.4) is 0 Å². The molecule has 2 rings (SSSR count). The molecule has 148 valence electrons. The van der Waals surface area contributed by atoms with Crippen molar-refractivity contribution in [3.63, 3.8) is 0 Å². The normalized spacial score (nSPS) is 13.5. The summed E-state index contributed by atoms with van der Waals surface area (Å²) in [4.78, 5) is 2.40. The molecule has 0 aliphatic rings. The molecule has 0 aromatic heterocycles. The van der Waals surface area contributed by atoms with Crippen LogP contribution in [0.5, 0.6) is 5.75 Å². The highest BCUT2D eigenvalue weighted by molar-refractivity contribution is 7.99. The lowest BCUT2D eigenvalue weighted by molar-refractivity contribution is 0.116. The van der Waals surface area contributed by atoms with E-state index in [2.05, 4.69) is 0 Å². The fourth-order valence-electron chi connectivity index (χ4n) is 2.91. The highest BCUT2D eigenvalue weighted by Gasteiger charge is 2.45. The van der Waals surface area contributed by atoms with Crippen molar-refractivity contribution < 1.29 is 9.84 Å². The van der Waals surface area contributed by atoms with Crippen molar-refractivity contribution in [2.75, 3.05) is 5.73 Å². The van der Waals surface area contributed by atoms with E-state index in [9.17, 15) is 5.11 Å². The number of para-hydroxylation sites is 1. The standard InChI is InChI=1S/C18H12B12N2O2S/c19-14(20,15(21,22)33)16(23,24)34-10-5-6-12(35-13-4-2-1-3-11(13)31)9(7-10)8-32(17(25,26)27)18(28,29)30/h1-7,33H,8,31H2. The van der Waals surface area contributed by atoms with Crippen molar-refractivity contribution >= 4 is 112 Å². The van der Waals surface area contributed by atoms with Crippen molar-refractivity contribution in [1.29, 1.82) is 0 Å². The summed E-state index contributed by atoms with van der Waals surface area (Å²) in [6, 6.07) is 11.8. The first-order valence-electron chi connectivity index (χ1n) is 9.98. The number of anilines is 1. The number of benzene rings is 2. The Bertz CT molecular complexity index is 1020. The van der Waals surface area contributed by atoms with Crippen molar-refractivity contribution in [1.82, 2.24) is 4.90 Å². The smallest absolute Gasteiger partial charge is 0.118 e. The van der Waals surface area contributed by atoms with E-state index in [4.69, 9.17) is 105 Å². The van der Waals surface area contributed by atoms with Crippen LogP contribution in [-0.2, 0) is 6.54 Å². The largest absolute Gasteiger partial charge is 0.508 e. The quantitative estimate of drug-likeness (QED) is 0.304. The zero-order chi connectivity index (χ0) is 27.0. The van der Waals surface area contributed by atoms with Gasteiger partial charge in [0.25, 0.3) is 0 Å². The number of hydrogen-bond donors (Lipinski definition) is 2. The molecule has 0 bridgehead atoms. The SMILES string of the molecule is [B]C([B])([B])N(Cc1cc(OC([B])([B])C([B])([B])C([B])([B])O)ccc1Sc1ccccc1N)C([B])([B])[B]. The summed E-state index contributed by atoms with van der Waals surface area (Å²) in [6.07, 6.45) is 0. The minimum absolute atomic E-state index is 0.0354. The average molecular weight is 450 g/mol. The Morgan fingerprint density at radius 2 is 1.34 bits per heavy atom. The molecule has 3 N–H and O–H groups in total. The Morgan fingerprint density at radius 1 is 0.800 bits per heavy atom. The average Bonchev–Trinajstić information content (AvgIpc) is 2.66. The van der Waals surface area contributed by atoms with Crippen molar-refractivity contribution in [2.45, 2.75) is 42.8 Å². The molecule has 35 heavy (non-hydrogen) atoms. The third kappa shape index (κ3) is 7.32. The van der Waals surface area contributed by atoms with E-state index in [-0.39, 0.29) is 12.3 Å². The summed E-state index contributed by atoms with van der Waals surface area (Å²) in [7, 11) is 69.2. The Morgan fingerprint density at radius 3 is 1.83 bits per heavy atom. The zero-order valence-electron chi connectivity index (χ0n) is 19.0. The van der Waals surface area contributed by atoms with Crippen LogP contribution >= 0.6 is 11.8 Å². The van der Waals surface area contributed by atoms with Crippen LogP contribution in [0.25, 0.3) is 0 Å². The Balaban J connectivity index is 2.56. The number of hydrogen-bond acceptors (Lipinski definition) is 5. The monoisotopic (exact) mass is 452 g/mol. The van der Waals surface area contributed by atoms with Gasteiger partial charge < -0.3 is 20.5 Å². The molecule has 0 aliphatic carbocycles. The molecule has 0 amide bonds. The zero-order valence-corrected chi connectivity index (χ0v) is 19.8. The van der Waals surface area contributed by atoms with Gasteiger partial charge in [-0.3, -0.25) is 0 Å². The molecule has 0 unspecified atom stereocenters. The third-order valence-electron chi connectivity index (χ3n) is 5.03. The predicted octanol–water partition coefficient (Wildman–Crippen LogP) is -2.74. The second kappa shape index (κ2) is 10.5. The van der Waals surface area contributed by atoms with Gasteiger partial charge in [-0.15, -0.1) is 0 Å². The van der Waals surface area contributed by atoms with Gasteiger partial charge in [0.1, 0.15) is 21.4 Å². The number of ether oxygens (including phenoxy) is 1. The van der Waals surface area contributed by atoms with Crippen LogP contribution in [0, 0.1) is 0 Å². The molecule has 0 spiro atoms. The topological polar surface area (TPSA) is 58.7 Å². The Hall–Kier alpha value is -0.911. The van der Waals surface area contributed by atoms with Gasteiger partial charge in [-0.05, 0) is 41.3 Å². The van der Waals surface area contributed by atoms with Crippen molar-refractivity contribution in [2.24, 2.45) is 0 Å². The van der Waals surface area contributed by atoms with Gasteiger partial charge in [0.15, 0.2) is 0 Å². The molecule has 0 atom stereocenters. The number of nitrogens with zero attached hydrogens (tertiary/aromatic N) is 1. The lowest BCUT2D eigenvalue weighted by Crippen LogP contribution is -2.63. The first kappa shape index (κ1) is 30.3. The van der Waals surface area contributed by atoms with Gasteiger partial charge in [-0.25, -0.2) is 0 Å². The Labute approximate surface area is 228 Å². The van der Waals surface area contributed by atoms with Gasteiger partial charge in [0.05, 0.1) is 78.5 Å². The second-order valence-corrected chi connectivity index (χ2v) is 9.44. The van der Waals surface area contributed by atoms with E-state index in [1.807, 2.05) is 12.1 Å². The molecule has 2 aromatic carbocycles. The lowest BCUT2D eigenvalue weighted by atomic mass is 9.24. The number of rotatable bonds is 10. The first-order valence-corrected chi connectivity index (χ1v) is 10.8.